The Balaban J connectivity index is 2.05. The zero-order chi connectivity index (χ0) is 14.1. The molecule has 0 aliphatic heterocycles. The van der Waals surface area contributed by atoms with Crippen molar-refractivity contribution in [2.75, 3.05) is 0 Å². The van der Waals surface area contributed by atoms with Crippen molar-refractivity contribution in [3.8, 4) is 17.2 Å². The van der Waals surface area contributed by atoms with E-state index >= 15 is 0 Å². The zero-order valence-corrected chi connectivity index (χ0v) is 12.7. The summed E-state index contributed by atoms with van der Waals surface area (Å²) in [6.45, 7) is 1.79. The second-order valence-electron chi connectivity index (χ2n) is 4.17. The molecule has 7 heteroatoms. The number of halogens is 1. The monoisotopic (exact) mass is 379 g/mol. The number of para-hydroxylation sites is 1. The lowest BCUT2D eigenvalue weighted by Crippen LogP contribution is -2.14. The third-order valence-corrected chi connectivity index (χ3v) is 4.02. The minimum Gasteiger partial charge on any atom is -0.304 e. The molecule has 0 saturated heterocycles. The Morgan fingerprint density at radius 1 is 1.25 bits per heavy atom. The smallest absolute Gasteiger partial charge is 0.264 e. The fraction of sp³-hybridized carbons (Fsp3) is 0.0769. The first-order valence-corrected chi connectivity index (χ1v) is 6.97. The Morgan fingerprint density at radius 2 is 2.00 bits per heavy atom. The molecule has 2 heterocycles. The summed E-state index contributed by atoms with van der Waals surface area (Å²) in [7, 11) is 0. The van der Waals surface area contributed by atoms with Crippen molar-refractivity contribution in [1.29, 1.82) is 0 Å². The summed E-state index contributed by atoms with van der Waals surface area (Å²) in [5, 5.41) is 8.52. The first-order chi connectivity index (χ1) is 9.65. The molecular weight excluding hydrogens is 369 g/mol. The predicted molar refractivity (Wildman–Crippen MR) is 82.7 cm³/mol. The highest BCUT2D eigenvalue weighted by atomic mass is 127. The van der Waals surface area contributed by atoms with Gasteiger partial charge in [-0.25, -0.2) is 4.98 Å². The summed E-state index contributed by atoms with van der Waals surface area (Å²) in [6, 6.07) is 9.55. The lowest BCUT2D eigenvalue weighted by molar-refractivity contribution is 0.752. The topological polar surface area (TPSA) is 76.5 Å². The third kappa shape index (κ3) is 2.36. The first-order valence-electron chi connectivity index (χ1n) is 5.90. The molecule has 3 aromatic rings. The second kappa shape index (κ2) is 5.16. The van der Waals surface area contributed by atoms with E-state index in [1.54, 1.807) is 13.1 Å². The van der Waals surface area contributed by atoms with Gasteiger partial charge in [0.25, 0.3) is 5.56 Å². The molecule has 0 saturated carbocycles. The Kier molecular flexibility index (Phi) is 3.35. The number of nitrogens with zero attached hydrogens (tertiary/aromatic N) is 4. The summed E-state index contributed by atoms with van der Waals surface area (Å²) in [5.74, 6) is 0.426. The highest BCUT2D eigenvalue weighted by Gasteiger charge is 2.10. The fourth-order valence-electron chi connectivity index (χ4n) is 1.75. The Bertz CT molecular complexity index is 809. The molecule has 6 nitrogen and oxygen atoms in total. The molecule has 0 amide bonds. The van der Waals surface area contributed by atoms with E-state index in [-0.39, 0.29) is 5.56 Å². The van der Waals surface area contributed by atoms with Gasteiger partial charge in [0.05, 0.1) is 21.1 Å². The SMILES string of the molecule is Cc1nc(-c2cnn(-c3ccccc3)n2)[nH]c(=O)c1I. The van der Waals surface area contributed by atoms with Crippen LogP contribution in [0.4, 0.5) is 0 Å². The minimum absolute atomic E-state index is 0.164. The third-order valence-electron chi connectivity index (χ3n) is 2.75. The van der Waals surface area contributed by atoms with Gasteiger partial charge in [0.1, 0.15) is 5.69 Å². The van der Waals surface area contributed by atoms with E-state index in [0.717, 1.165) is 5.69 Å². The van der Waals surface area contributed by atoms with E-state index in [0.29, 0.717) is 20.8 Å². The molecule has 0 aliphatic rings. The first kappa shape index (κ1) is 13.0. The van der Waals surface area contributed by atoms with Gasteiger partial charge in [-0.3, -0.25) is 4.79 Å². The summed E-state index contributed by atoms with van der Waals surface area (Å²) in [5.41, 5.74) is 1.90. The molecule has 3 rings (SSSR count). The number of aromatic nitrogens is 5. The molecule has 100 valence electrons. The standard InChI is InChI=1S/C13H10IN5O/c1-8-11(14)13(20)17-12(16-8)10-7-15-19(18-10)9-5-3-2-4-6-9/h2-7H,1H3,(H,16,17,20). The van der Waals surface area contributed by atoms with Gasteiger partial charge < -0.3 is 4.98 Å². The van der Waals surface area contributed by atoms with Gasteiger partial charge in [0, 0.05) is 0 Å². The molecule has 0 aliphatic carbocycles. The van der Waals surface area contributed by atoms with Crippen LogP contribution in [0.3, 0.4) is 0 Å². The van der Waals surface area contributed by atoms with Crippen LogP contribution in [0, 0.1) is 10.5 Å². The maximum absolute atomic E-state index is 11.8. The molecule has 0 unspecified atom stereocenters. The lowest BCUT2D eigenvalue weighted by Gasteiger charge is -2.00. The number of nitrogens with one attached hydrogen (secondary N) is 1. The highest BCUT2D eigenvalue weighted by molar-refractivity contribution is 14.1. The van der Waals surface area contributed by atoms with Crippen LogP contribution in [0.1, 0.15) is 5.69 Å². The van der Waals surface area contributed by atoms with Crippen LogP contribution in [0.15, 0.2) is 41.3 Å². The van der Waals surface area contributed by atoms with Gasteiger partial charge in [-0.2, -0.15) is 9.90 Å². The van der Waals surface area contributed by atoms with Gasteiger partial charge in [-0.05, 0) is 41.6 Å². The number of rotatable bonds is 2. The Morgan fingerprint density at radius 3 is 2.70 bits per heavy atom. The molecule has 1 aromatic carbocycles. The van der Waals surface area contributed by atoms with Gasteiger partial charge in [0.15, 0.2) is 5.82 Å². The Hall–Kier alpha value is -2.03. The summed E-state index contributed by atoms with van der Waals surface area (Å²) >= 11 is 1.97. The number of hydrogen-bond donors (Lipinski definition) is 1. The molecule has 0 atom stereocenters. The van der Waals surface area contributed by atoms with Crippen molar-refractivity contribution in [1.82, 2.24) is 25.0 Å². The van der Waals surface area contributed by atoms with Crippen LogP contribution in [-0.4, -0.2) is 25.0 Å². The Labute approximate surface area is 128 Å². The highest BCUT2D eigenvalue weighted by Crippen LogP contribution is 2.13. The van der Waals surface area contributed by atoms with E-state index in [1.165, 1.54) is 4.80 Å². The van der Waals surface area contributed by atoms with Crippen molar-refractivity contribution in [2.45, 2.75) is 6.92 Å². The average molecular weight is 379 g/mol. The van der Waals surface area contributed by atoms with Gasteiger partial charge in [-0.15, -0.1) is 5.10 Å². The largest absolute Gasteiger partial charge is 0.304 e. The van der Waals surface area contributed by atoms with Gasteiger partial charge in [-0.1, -0.05) is 18.2 Å². The number of H-pyrrole nitrogens is 1. The average Bonchev–Trinajstić information content (AvgIpc) is 2.95. The molecule has 0 bridgehead atoms. The van der Waals surface area contributed by atoms with Crippen LogP contribution < -0.4 is 5.56 Å². The van der Waals surface area contributed by atoms with Crippen molar-refractivity contribution in [2.24, 2.45) is 0 Å². The molecule has 0 spiro atoms. The van der Waals surface area contributed by atoms with Crippen LogP contribution >= 0.6 is 22.6 Å². The lowest BCUT2D eigenvalue weighted by atomic mass is 10.3. The van der Waals surface area contributed by atoms with Gasteiger partial charge >= 0.3 is 0 Å². The van der Waals surface area contributed by atoms with Crippen molar-refractivity contribution in [3.05, 3.63) is 56.1 Å². The minimum atomic E-state index is -0.164. The number of aryl methyl sites for hydroxylation is 1. The fourth-order valence-corrected chi connectivity index (χ4v) is 2.01. The number of hydrogen-bond acceptors (Lipinski definition) is 4. The predicted octanol–water partition coefficient (Wildman–Crippen LogP) is 1.93. The molecule has 0 radical (unpaired) electrons. The molecule has 20 heavy (non-hydrogen) atoms. The molecule has 1 N–H and O–H groups in total. The number of aromatic amines is 1. The van der Waals surface area contributed by atoms with Gasteiger partial charge in [0.2, 0.25) is 0 Å². The summed E-state index contributed by atoms with van der Waals surface area (Å²) < 4.78 is 0.585. The van der Waals surface area contributed by atoms with Crippen LogP contribution in [0.25, 0.3) is 17.2 Å². The van der Waals surface area contributed by atoms with E-state index in [9.17, 15) is 4.79 Å². The van der Waals surface area contributed by atoms with Crippen LogP contribution in [-0.2, 0) is 0 Å². The quantitative estimate of drug-likeness (QED) is 0.691. The second-order valence-corrected chi connectivity index (χ2v) is 5.25. The molecular formula is C13H10IN5O. The molecule has 0 fully saturated rings. The van der Waals surface area contributed by atoms with Crippen LogP contribution in [0.5, 0.6) is 0 Å². The zero-order valence-electron chi connectivity index (χ0n) is 10.5. The summed E-state index contributed by atoms with van der Waals surface area (Å²) in [4.78, 5) is 20.3. The molecule has 2 aromatic heterocycles. The van der Waals surface area contributed by atoms with E-state index in [1.807, 2.05) is 52.9 Å². The van der Waals surface area contributed by atoms with E-state index < -0.39 is 0 Å². The van der Waals surface area contributed by atoms with Crippen molar-refractivity contribution in [3.63, 3.8) is 0 Å². The van der Waals surface area contributed by atoms with Crippen LogP contribution in [0.2, 0.25) is 0 Å². The maximum Gasteiger partial charge on any atom is 0.264 e. The van der Waals surface area contributed by atoms with E-state index in [2.05, 4.69) is 20.2 Å². The van der Waals surface area contributed by atoms with Crippen molar-refractivity contribution < 1.29 is 0 Å². The summed E-state index contributed by atoms with van der Waals surface area (Å²) in [6.07, 6.45) is 1.58. The number of benzene rings is 1. The maximum atomic E-state index is 11.8. The van der Waals surface area contributed by atoms with E-state index in [4.69, 9.17) is 0 Å². The normalized spacial score (nSPS) is 10.7. The van der Waals surface area contributed by atoms with Crippen molar-refractivity contribution >= 4 is 22.6 Å².